The summed E-state index contributed by atoms with van der Waals surface area (Å²) in [7, 11) is 0. The Hall–Kier alpha value is -1.75. The van der Waals surface area contributed by atoms with Crippen LogP contribution in [0.15, 0.2) is 36.4 Å². The maximum absolute atomic E-state index is 12.4. The molecule has 0 aromatic heterocycles. The van der Waals surface area contributed by atoms with E-state index < -0.39 is 11.9 Å². The normalized spacial score (nSPS) is 10.7. The zero-order chi connectivity index (χ0) is 20.0. The maximum Gasteiger partial charge on any atom is 0.343 e. The Morgan fingerprint density at radius 3 is 2.33 bits per heavy atom. The second-order valence-electron chi connectivity index (χ2n) is 6.34. The molecule has 4 nitrogen and oxygen atoms in total. The molecule has 144 valence electrons. The van der Waals surface area contributed by atoms with E-state index in [9.17, 15) is 9.59 Å². The summed E-state index contributed by atoms with van der Waals surface area (Å²) in [5.41, 5.74) is 0.447. The van der Waals surface area contributed by atoms with Crippen LogP contribution in [0.25, 0.3) is 0 Å². The van der Waals surface area contributed by atoms with Crippen molar-refractivity contribution < 1.29 is 19.1 Å². The number of ether oxygens (including phenoxy) is 2. The van der Waals surface area contributed by atoms with E-state index in [0.717, 1.165) is 12.8 Å². The molecule has 0 saturated carbocycles. The van der Waals surface area contributed by atoms with Gasteiger partial charge in [-0.1, -0.05) is 54.7 Å². The van der Waals surface area contributed by atoms with Crippen LogP contribution in [0, 0.1) is 5.92 Å². The van der Waals surface area contributed by atoms with Crippen LogP contribution in [0.4, 0.5) is 0 Å². The minimum Gasteiger partial charge on any atom is -0.462 e. The van der Waals surface area contributed by atoms with Crippen molar-refractivity contribution in [2.45, 2.75) is 26.7 Å². The lowest BCUT2D eigenvalue weighted by molar-refractivity contribution is 0.0494. The summed E-state index contributed by atoms with van der Waals surface area (Å²) >= 11 is 17.9. The number of halogens is 3. The molecule has 0 amide bonds. The predicted molar refractivity (Wildman–Crippen MR) is 107 cm³/mol. The smallest absolute Gasteiger partial charge is 0.343 e. The highest BCUT2D eigenvalue weighted by atomic mass is 35.5. The molecule has 0 aliphatic carbocycles. The molecule has 2 aromatic rings. The Bertz CT molecular complexity index is 834. The summed E-state index contributed by atoms with van der Waals surface area (Å²) in [6.07, 6.45) is 1.77. The molecule has 0 heterocycles. The predicted octanol–water partition coefficient (Wildman–Crippen LogP) is 6.46. The lowest BCUT2D eigenvalue weighted by Crippen LogP contribution is -2.12. The van der Waals surface area contributed by atoms with Crippen LogP contribution >= 0.6 is 34.8 Å². The van der Waals surface area contributed by atoms with Crippen molar-refractivity contribution in [3.63, 3.8) is 0 Å². The number of carbonyl (C=O) groups is 2. The van der Waals surface area contributed by atoms with E-state index in [0.29, 0.717) is 12.5 Å². The van der Waals surface area contributed by atoms with E-state index in [2.05, 4.69) is 13.8 Å². The summed E-state index contributed by atoms with van der Waals surface area (Å²) in [6.45, 7) is 4.55. The summed E-state index contributed by atoms with van der Waals surface area (Å²) in [5.74, 6) is -0.587. The van der Waals surface area contributed by atoms with E-state index >= 15 is 0 Å². The first kappa shape index (κ1) is 21.5. The molecule has 0 spiro atoms. The van der Waals surface area contributed by atoms with Gasteiger partial charge in [-0.25, -0.2) is 9.59 Å². The van der Waals surface area contributed by atoms with Gasteiger partial charge in [-0.3, -0.25) is 0 Å². The van der Waals surface area contributed by atoms with Crippen molar-refractivity contribution in [1.82, 2.24) is 0 Å². The van der Waals surface area contributed by atoms with Gasteiger partial charge in [-0.15, -0.1) is 0 Å². The fraction of sp³-hybridized carbons (Fsp3) is 0.300. The molecule has 27 heavy (non-hydrogen) atoms. The lowest BCUT2D eigenvalue weighted by Gasteiger charge is -2.09. The topological polar surface area (TPSA) is 52.6 Å². The Kier molecular flexibility index (Phi) is 7.96. The largest absolute Gasteiger partial charge is 0.462 e. The van der Waals surface area contributed by atoms with Crippen molar-refractivity contribution >= 4 is 46.7 Å². The second kappa shape index (κ2) is 9.98. The summed E-state index contributed by atoms with van der Waals surface area (Å²) in [5, 5.41) is 0.534. The first-order valence-corrected chi connectivity index (χ1v) is 9.55. The molecule has 2 rings (SSSR count). The zero-order valence-electron chi connectivity index (χ0n) is 14.9. The summed E-state index contributed by atoms with van der Waals surface area (Å²) in [4.78, 5) is 24.5. The van der Waals surface area contributed by atoms with Gasteiger partial charge in [-0.2, -0.15) is 0 Å². The number of benzene rings is 2. The van der Waals surface area contributed by atoms with Crippen LogP contribution in [0.2, 0.25) is 15.1 Å². The molecular formula is C20H19Cl3O4. The first-order valence-electron chi connectivity index (χ1n) is 8.42. The second-order valence-corrected chi connectivity index (χ2v) is 7.56. The van der Waals surface area contributed by atoms with Gasteiger partial charge in [0.05, 0.1) is 22.8 Å². The number of carbonyl (C=O) groups excluding carboxylic acids is 2. The molecule has 0 N–H and O–H groups in total. The number of rotatable bonds is 7. The van der Waals surface area contributed by atoms with Crippen molar-refractivity contribution in [2.24, 2.45) is 5.92 Å². The van der Waals surface area contributed by atoms with Crippen LogP contribution in [0.5, 0.6) is 5.75 Å². The molecule has 0 bridgehead atoms. The van der Waals surface area contributed by atoms with Crippen LogP contribution in [0.3, 0.4) is 0 Å². The van der Waals surface area contributed by atoms with Crippen molar-refractivity contribution in [2.75, 3.05) is 6.61 Å². The minimum atomic E-state index is -0.690. The van der Waals surface area contributed by atoms with Crippen LogP contribution in [-0.2, 0) is 4.74 Å². The maximum atomic E-state index is 12.4. The van der Waals surface area contributed by atoms with Gasteiger partial charge in [0, 0.05) is 11.1 Å². The zero-order valence-corrected chi connectivity index (χ0v) is 17.2. The highest BCUT2D eigenvalue weighted by Crippen LogP contribution is 2.35. The monoisotopic (exact) mass is 428 g/mol. The molecule has 7 heteroatoms. The third-order valence-electron chi connectivity index (χ3n) is 3.66. The molecule has 0 unspecified atom stereocenters. The average Bonchev–Trinajstić information content (AvgIpc) is 2.62. The Balaban J connectivity index is 2.06. The van der Waals surface area contributed by atoms with Gasteiger partial charge >= 0.3 is 11.9 Å². The minimum absolute atomic E-state index is 0.0424. The third-order valence-corrected chi connectivity index (χ3v) is 4.66. The van der Waals surface area contributed by atoms with Gasteiger partial charge in [0.1, 0.15) is 5.02 Å². The van der Waals surface area contributed by atoms with E-state index in [1.54, 1.807) is 12.1 Å². The van der Waals surface area contributed by atoms with Crippen molar-refractivity contribution in [3.05, 3.63) is 62.6 Å². The number of esters is 2. The quantitative estimate of drug-likeness (QED) is 0.219. The molecule has 0 fully saturated rings. The molecule has 0 aliphatic rings. The van der Waals surface area contributed by atoms with Gasteiger partial charge in [0.25, 0.3) is 0 Å². The van der Waals surface area contributed by atoms with E-state index in [1.807, 2.05) is 0 Å². The SMILES string of the molecule is CC(C)CCCOC(=O)c1cccc(C(=O)Oc2cc(Cl)cc(Cl)c2Cl)c1. The third kappa shape index (κ3) is 6.42. The summed E-state index contributed by atoms with van der Waals surface area (Å²) < 4.78 is 10.5. The summed E-state index contributed by atoms with van der Waals surface area (Å²) in [6, 6.07) is 8.92. The first-order chi connectivity index (χ1) is 12.8. The molecule has 2 aromatic carbocycles. The molecule has 0 radical (unpaired) electrons. The van der Waals surface area contributed by atoms with Gasteiger partial charge in [0.2, 0.25) is 0 Å². The Labute approximate surface area is 173 Å². The lowest BCUT2D eigenvalue weighted by atomic mass is 10.1. The molecule has 0 aliphatic heterocycles. The number of hydrogen-bond acceptors (Lipinski definition) is 4. The number of hydrogen-bond donors (Lipinski definition) is 0. The van der Waals surface area contributed by atoms with Crippen LogP contribution in [0.1, 0.15) is 47.4 Å². The van der Waals surface area contributed by atoms with Crippen LogP contribution in [-0.4, -0.2) is 18.5 Å². The van der Waals surface area contributed by atoms with E-state index in [1.165, 1.54) is 24.3 Å². The fourth-order valence-electron chi connectivity index (χ4n) is 2.28. The molecule has 0 atom stereocenters. The average molecular weight is 430 g/mol. The van der Waals surface area contributed by atoms with Crippen molar-refractivity contribution in [3.8, 4) is 5.75 Å². The fourth-order valence-corrected chi connectivity index (χ4v) is 2.90. The Morgan fingerprint density at radius 1 is 1.00 bits per heavy atom. The molecular weight excluding hydrogens is 411 g/mol. The van der Waals surface area contributed by atoms with E-state index in [4.69, 9.17) is 44.3 Å². The van der Waals surface area contributed by atoms with Gasteiger partial charge in [0.15, 0.2) is 5.75 Å². The van der Waals surface area contributed by atoms with Gasteiger partial charge < -0.3 is 9.47 Å². The van der Waals surface area contributed by atoms with Crippen LogP contribution < -0.4 is 4.74 Å². The van der Waals surface area contributed by atoms with Gasteiger partial charge in [-0.05, 0) is 43.0 Å². The van der Waals surface area contributed by atoms with E-state index in [-0.39, 0.29) is 31.9 Å². The molecule has 0 saturated heterocycles. The highest BCUT2D eigenvalue weighted by molar-refractivity contribution is 6.44. The van der Waals surface area contributed by atoms with Crippen molar-refractivity contribution in [1.29, 1.82) is 0 Å². The highest BCUT2D eigenvalue weighted by Gasteiger charge is 2.16. The Morgan fingerprint density at radius 2 is 1.67 bits per heavy atom. The standard InChI is InChI=1S/C20H19Cl3O4/c1-12(2)5-4-8-26-19(24)13-6-3-7-14(9-13)20(25)27-17-11-15(21)10-16(22)18(17)23/h3,6-7,9-12H,4-5,8H2,1-2H3.